The second-order valence-corrected chi connectivity index (χ2v) is 8.84. The molecule has 0 atom stereocenters. The molecule has 2 aromatic carbocycles. The van der Waals surface area contributed by atoms with Crippen molar-refractivity contribution in [2.24, 2.45) is 0 Å². The molecular formula is C24H31N3O2S. The highest BCUT2D eigenvalue weighted by molar-refractivity contribution is 8.00. The van der Waals surface area contributed by atoms with Gasteiger partial charge in [0.1, 0.15) is 0 Å². The molecule has 2 amide bonds. The Morgan fingerprint density at radius 3 is 2.13 bits per heavy atom. The van der Waals surface area contributed by atoms with Crippen LogP contribution in [-0.2, 0) is 9.59 Å². The normalized spacial score (nSPS) is 14.1. The summed E-state index contributed by atoms with van der Waals surface area (Å²) in [5.74, 6) is 0.298. The summed E-state index contributed by atoms with van der Waals surface area (Å²) < 4.78 is 0. The lowest BCUT2D eigenvalue weighted by atomic mass is 10.1. The molecular weight excluding hydrogens is 394 g/mol. The number of rotatable bonds is 7. The molecule has 0 spiro atoms. The zero-order valence-corrected chi connectivity index (χ0v) is 18.7. The minimum Gasteiger partial charge on any atom is -0.372 e. The Bertz CT molecular complexity index is 859. The van der Waals surface area contributed by atoms with Gasteiger partial charge in [0.2, 0.25) is 11.8 Å². The molecule has 0 unspecified atom stereocenters. The fraction of sp³-hybridized carbons (Fsp3) is 0.417. The number of carbonyl (C=O) groups is 2. The number of anilines is 3. The van der Waals surface area contributed by atoms with Crippen molar-refractivity contribution in [1.29, 1.82) is 0 Å². The number of benzene rings is 2. The largest absolute Gasteiger partial charge is 0.372 e. The average Bonchev–Trinajstić information content (AvgIpc) is 3.00. The van der Waals surface area contributed by atoms with Crippen LogP contribution in [0.5, 0.6) is 0 Å². The first-order valence-electron chi connectivity index (χ1n) is 10.6. The number of nitrogens with one attached hydrogen (secondary N) is 2. The third-order valence-corrected chi connectivity index (χ3v) is 6.18. The van der Waals surface area contributed by atoms with Gasteiger partial charge in [-0.15, -0.1) is 11.8 Å². The van der Waals surface area contributed by atoms with Gasteiger partial charge in [0.15, 0.2) is 0 Å². The van der Waals surface area contributed by atoms with Gasteiger partial charge in [-0.2, -0.15) is 0 Å². The van der Waals surface area contributed by atoms with Crippen LogP contribution >= 0.6 is 11.8 Å². The van der Waals surface area contributed by atoms with E-state index in [1.54, 1.807) is 0 Å². The first kappa shape index (κ1) is 22.2. The Labute approximate surface area is 183 Å². The average molecular weight is 426 g/mol. The highest BCUT2D eigenvalue weighted by atomic mass is 32.2. The van der Waals surface area contributed by atoms with E-state index in [-0.39, 0.29) is 23.3 Å². The molecule has 6 heteroatoms. The van der Waals surface area contributed by atoms with Gasteiger partial charge in [0.25, 0.3) is 0 Å². The summed E-state index contributed by atoms with van der Waals surface area (Å²) in [6.45, 7) is 6.20. The van der Waals surface area contributed by atoms with Crippen LogP contribution in [0.3, 0.4) is 0 Å². The fourth-order valence-corrected chi connectivity index (χ4v) is 4.28. The van der Waals surface area contributed by atoms with Crippen molar-refractivity contribution in [3.63, 3.8) is 0 Å². The summed E-state index contributed by atoms with van der Waals surface area (Å²) in [4.78, 5) is 26.8. The molecule has 0 bridgehead atoms. The first-order valence-corrected chi connectivity index (χ1v) is 11.8. The lowest BCUT2D eigenvalue weighted by Gasteiger charge is -2.22. The van der Waals surface area contributed by atoms with Crippen LogP contribution in [0.2, 0.25) is 0 Å². The van der Waals surface area contributed by atoms with Crippen molar-refractivity contribution in [2.45, 2.75) is 39.5 Å². The lowest BCUT2D eigenvalue weighted by Crippen LogP contribution is -2.23. The summed E-state index contributed by atoms with van der Waals surface area (Å²) in [7, 11) is 0. The predicted octanol–water partition coefficient (Wildman–Crippen LogP) is 4.99. The predicted molar refractivity (Wildman–Crippen MR) is 128 cm³/mol. The summed E-state index contributed by atoms with van der Waals surface area (Å²) in [5, 5.41) is 5.82. The van der Waals surface area contributed by atoms with Crippen molar-refractivity contribution >= 4 is 40.6 Å². The Morgan fingerprint density at radius 1 is 0.867 bits per heavy atom. The molecule has 0 saturated carbocycles. The van der Waals surface area contributed by atoms with E-state index in [9.17, 15) is 9.59 Å². The van der Waals surface area contributed by atoms with Crippen molar-refractivity contribution in [1.82, 2.24) is 0 Å². The van der Waals surface area contributed by atoms with Gasteiger partial charge in [0.05, 0.1) is 11.5 Å². The number of hydrogen-bond acceptors (Lipinski definition) is 4. The van der Waals surface area contributed by atoms with Crippen LogP contribution in [0.15, 0.2) is 42.5 Å². The van der Waals surface area contributed by atoms with Crippen LogP contribution in [0.1, 0.15) is 36.8 Å². The van der Waals surface area contributed by atoms with Gasteiger partial charge in [0, 0.05) is 30.2 Å². The molecule has 30 heavy (non-hydrogen) atoms. The summed E-state index contributed by atoms with van der Waals surface area (Å²) in [5.41, 5.74) is 5.03. The van der Waals surface area contributed by atoms with E-state index < -0.39 is 0 Å². The van der Waals surface area contributed by atoms with Crippen LogP contribution in [-0.4, -0.2) is 36.4 Å². The fourth-order valence-electron chi connectivity index (χ4n) is 3.66. The van der Waals surface area contributed by atoms with E-state index in [1.165, 1.54) is 43.1 Å². The molecule has 5 nitrogen and oxygen atoms in total. The maximum atomic E-state index is 12.2. The molecule has 3 rings (SSSR count). The Kier molecular flexibility index (Phi) is 8.20. The van der Waals surface area contributed by atoms with Crippen molar-refractivity contribution in [2.75, 3.05) is 40.1 Å². The topological polar surface area (TPSA) is 61.4 Å². The highest BCUT2D eigenvalue weighted by Gasteiger charge is 2.11. The number of amides is 2. The molecule has 0 aromatic heterocycles. The maximum Gasteiger partial charge on any atom is 0.234 e. The summed E-state index contributed by atoms with van der Waals surface area (Å²) in [6, 6.07) is 14.0. The zero-order chi connectivity index (χ0) is 21.3. The monoisotopic (exact) mass is 425 g/mol. The summed E-state index contributed by atoms with van der Waals surface area (Å²) in [6.07, 6.45) is 5.11. The smallest absolute Gasteiger partial charge is 0.234 e. The van der Waals surface area contributed by atoms with Crippen molar-refractivity contribution in [3.05, 3.63) is 53.6 Å². The summed E-state index contributed by atoms with van der Waals surface area (Å²) >= 11 is 1.31. The molecule has 2 N–H and O–H groups in total. The Balaban J connectivity index is 1.40. The number of carbonyl (C=O) groups excluding carboxylic acids is 2. The molecule has 2 aromatic rings. The second kappa shape index (κ2) is 11.1. The molecule has 1 heterocycles. The molecule has 160 valence electrons. The van der Waals surface area contributed by atoms with Crippen LogP contribution < -0.4 is 15.5 Å². The number of aryl methyl sites for hydroxylation is 2. The zero-order valence-electron chi connectivity index (χ0n) is 17.9. The first-order chi connectivity index (χ1) is 14.5. The minimum absolute atomic E-state index is 0.0955. The number of thioether (sulfide) groups is 1. The molecule has 1 saturated heterocycles. The van der Waals surface area contributed by atoms with E-state index in [0.717, 1.165) is 35.6 Å². The maximum absolute atomic E-state index is 12.2. The number of nitrogens with zero attached hydrogens (tertiary/aromatic N) is 1. The molecule has 0 radical (unpaired) electrons. The van der Waals surface area contributed by atoms with Crippen LogP contribution in [0.4, 0.5) is 17.1 Å². The third-order valence-electron chi connectivity index (χ3n) is 5.24. The van der Waals surface area contributed by atoms with E-state index in [4.69, 9.17) is 0 Å². The Morgan fingerprint density at radius 2 is 1.50 bits per heavy atom. The lowest BCUT2D eigenvalue weighted by molar-refractivity contribution is -0.114. The van der Waals surface area contributed by atoms with Gasteiger partial charge in [-0.1, -0.05) is 30.5 Å². The van der Waals surface area contributed by atoms with Crippen LogP contribution in [0.25, 0.3) is 0 Å². The van der Waals surface area contributed by atoms with Crippen molar-refractivity contribution in [3.8, 4) is 0 Å². The van der Waals surface area contributed by atoms with Gasteiger partial charge in [-0.05, 0) is 62.6 Å². The van der Waals surface area contributed by atoms with E-state index in [2.05, 4.69) is 27.7 Å². The van der Waals surface area contributed by atoms with E-state index >= 15 is 0 Å². The number of hydrogen-bond donors (Lipinski definition) is 2. The second-order valence-electron chi connectivity index (χ2n) is 7.86. The quantitative estimate of drug-likeness (QED) is 0.656. The van der Waals surface area contributed by atoms with Gasteiger partial charge in [-0.25, -0.2) is 0 Å². The highest BCUT2D eigenvalue weighted by Crippen LogP contribution is 2.22. The van der Waals surface area contributed by atoms with Gasteiger partial charge in [-0.3, -0.25) is 9.59 Å². The standard InChI is InChI=1S/C24H31N3O2S/c1-18-7-12-22(19(2)15-18)26-24(29)17-30-16-23(28)25-20-8-10-21(11-9-20)27-13-5-3-4-6-14-27/h7-12,15H,3-6,13-14,16-17H2,1-2H3,(H,25,28)(H,26,29). The van der Waals surface area contributed by atoms with Gasteiger partial charge >= 0.3 is 0 Å². The van der Waals surface area contributed by atoms with E-state index in [0.29, 0.717) is 0 Å². The van der Waals surface area contributed by atoms with Crippen LogP contribution in [0, 0.1) is 13.8 Å². The minimum atomic E-state index is -0.0958. The van der Waals surface area contributed by atoms with Crippen molar-refractivity contribution < 1.29 is 9.59 Å². The molecule has 1 fully saturated rings. The molecule has 1 aliphatic rings. The third kappa shape index (κ3) is 6.80. The SMILES string of the molecule is Cc1ccc(NC(=O)CSCC(=O)Nc2ccc(N3CCCCCC3)cc2)c(C)c1. The van der Waals surface area contributed by atoms with Gasteiger partial charge < -0.3 is 15.5 Å². The molecule has 0 aliphatic carbocycles. The molecule has 1 aliphatic heterocycles. The van der Waals surface area contributed by atoms with E-state index in [1.807, 2.05) is 44.2 Å². The Hall–Kier alpha value is -2.47.